The molecule has 2 aliphatic rings. The van der Waals surface area contributed by atoms with Crippen LogP contribution in [-0.2, 0) is 9.53 Å². The number of aromatic nitrogens is 1. The molecule has 2 saturated heterocycles. The van der Waals surface area contributed by atoms with E-state index >= 15 is 0 Å². The van der Waals surface area contributed by atoms with Crippen molar-refractivity contribution in [2.45, 2.75) is 45.1 Å². The summed E-state index contributed by atoms with van der Waals surface area (Å²) in [5.41, 5.74) is 0.530. The first-order valence-corrected chi connectivity index (χ1v) is 9.44. The maximum Gasteiger partial charge on any atom is 0.309 e. The first-order valence-electron chi connectivity index (χ1n) is 8.56. The van der Waals surface area contributed by atoms with Gasteiger partial charge in [0.2, 0.25) is 0 Å². The minimum Gasteiger partial charge on any atom is -0.481 e. The van der Waals surface area contributed by atoms with Crippen LogP contribution >= 0.6 is 11.3 Å². The highest BCUT2D eigenvalue weighted by atomic mass is 32.1. The van der Waals surface area contributed by atoms with Crippen LogP contribution in [0.2, 0.25) is 0 Å². The second-order valence-electron chi connectivity index (χ2n) is 6.92. The summed E-state index contributed by atoms with van der Waals surface area (Å²) < 4.78 is 5.68. The van der Waals surface area contributed by atoms with Crippen LogP contribution in [0.25, 0.3) is 0 Å². The zero-order valence-corrected chi connectivity index (χ0v) is 14.9. The van der Waals surface area contributed by atoms with E-state index in [1.807, 2.05) is 10.3 Å². The van der Waals surface area contributed by atoms with Crippen LogP contribution in [0.1, 0.15) is 54.5 Å². The lowest BCUT2D eigenvalue weighted by Crippen LogP contribution is -2.43. The number of carboxylic acids is 1. The highest BCUT2D eigenvalue weighted by Crippen LogP contribution is 2.33. The minimum atomic E-state index is -0.764. The van der Waals surface area contributed by atoms with Gasteiger partial charge in [0.05, 0.1) is 17.0 Å². The van der Waals surface area contributed by atoms with Crippen molar-refractivity contribution in [1.29, 1.82) is 0 Å². The van der Waals surface area contributed by atoms with Crippen molar-refractivity contribution in [3.05, 3.63) is 16.1 Å². The Balaban J connectivity index is 1.58. The van der Waals surface area contributed by atoms with Crippen LogP contribution in [0.4, 0.5) is 0 Å². The van der Waals surface area contributed by atoms with Gasteiger partial charge in [0.1, 0.15) is 5.69 Å². The molecule has 24 heavy (non-hydrogen) atoms. The van der Waals surface area contributed by atoms with Gasteiger partial charge < -0.3 is 14.7 Å². The summed E-state index contributed by atoms with van der Waals surface area (Å²) in [5.74, 6) is -0.628. The monoisotopic (exact) mass is 352 g/mol. The minimum absolute atomic E-state index is 0.0151. The van der Waals surface area contributed by atoms with Crippen LogP contribution in [0.15, 0.2) is 5.38 Å². The Labute approximate surface area is 145 Å². The Hall–Kier alpha value is -1.47. The first kappa shape index (κ1) is 17.4. The van der Waals surface area contributed by atoms with E-state index in [9.17, 15) is 14.7 Å². The van der Waals surface area contributed by atoms with E-state index in [1.165, 1.54) is 11.3 Å². The number of amides is 1. The molecule has 0 aliphatic carbocycles. The van der Waals surface area contributed by atoms with E-state index < -0.39 is 11.9 Å². The van der Waals surface area contributed by atoms with Crippen LogP contribution in [0.5, 0.6) is 0 Å². The fraction of sp³-hybridized carbons (Fsp3) is 0.706. The summed E-state index contributed by atoms with van der Waals surface area (Å²) >= 11 is 1.53. The Bertz CT molecular complexity index is 607. The van der Waals surface area contributed by atoms with Crippen LogP contribution in [0, 0.1) is 11.8 Å². The largest absolute Gasteiger partial charge is 0.481 e. The van der Waals surface area contributed by atoms with Gasteiger partial charge in [0, 0.05) is 31.0 Å². The number of carboxylic acid groups (broad SMARTS) is 1. The predicted molar refractivity (Wildman–Crippen MR) is 90.3 cm³/mol. The average molecular weight is 352 g/mol. The van der Waals surface area contributed by atoms with Crippen molar-refractivity contribution in [1.82, 2.24) is 9.88 Å². The quantitative estimate of drug-likeness (QED) is 0.901. The van der Waals surface area contributed by atoms with Gasteiger partial charge in [-0.25, -0.2) is 4.98 Å². The smallest absolute Gasteiger partial charge is 0.309 e. The van der Waals surface area contributed by atoms with Crippen molar-refractivity contribution < 1.29 is 19.4 Å². The van der Waals surface area contributed by atoms with Gasteiger partial charge in [-0.05, 0) is 25.2 Å². The molecular weight excluding hydrogens is 328 g/mol. The van der Waals surface area contributed by atoms with Gasteiger partial charge in [-0.2, -0.15) is 0 Å². The maximum atomic E-state index is 12.6. The second kappa shape index (κ2) is 7.19. The zero-order valence-electron chi connectivity index (χ0n) is 14.1. The second-order valence-corrected chi connectivity index (χ2v) is 7.81. The Morgan fingerprint density at radius 1 is 1.33 bits per heavy atom. The fourth-order valence-corrected chi connectivity index (χ4v) is 4.39. The number of likely N-dealkylation sites (tertiary alicyclic amines) is 1. The number of ether oxygens (including phenoxy) is 1. The number of hydrogen-bond donors (Lipinski definition) is 1. The van der Waals surface area contributed by atoms with Crippen molar-refractivity contribution in [2.75, 3.05) is 19.7 Å². The van der Waals surface area contributed by atoms with E-state index in [1.54, 1.807) is 0 Å². The normalized spacial score (nSPS) is 25.4. The molecule has 0 aromatic carbocycles. The summed E-state index contributed by atoms with van der Waals surface area (Å²) in [6.45, 7) is 5.95. The molecule has 1 aromatic rings. The molecule has 1 aromatic heterocycles. The van der Waals surface area contributed by atoms with E-state index in [4.69, 9.17) is 4.74 Å². The molecule has 1 N–H and O–H groups in total. The molecule has 3 heterocycles. The summed E-state index contributed by atoms with van der Waals surface area (Å²) in [5, 5.41) is 12.1. The zero-order chi connectivity index (χ0) is 17.3. The van der Waals surface area contributed by atoms with Gasteiger partial charge in [-0.15, -0.1) is 11.3 Å². The molecule has 1 unspecified atom stereocenters. The lowest BCUT2D eigenvalue weighted by molar-refractivity contribution is -0.145. The standard InChI is InChI=1S/C17H24N2O4S/c1-10(2)15-18-13(9-24-15)16(20)19-6-3-11(4-7-19)14-12(17(21)22)5-8-23-14/h9-12,14H,3-8H2,1-2H3,(H,21,22)/t12?,14-/m0/s1. The molecule has 6 nitrogen and oxygen atoms in total. The molecule has 0 bridgehead atoms. The van der Waals surface area contributed by atoms with Crippen molar-refractivity contribution in [3.63, 3.8) is 0 Å². The SMILES string of the molecule is CC(C)c1nc(C(=O)N2CCC([C@@H]3OCCC3C(=O)O)CC2)cs1. The number of nitrogens with zero attached hydrogens (tertiary/aromatic N) is 2. The lowest BCUT2D eigenvalue weighted by atomic mass is 9.84. The van der Waals surface area contributed by atoms with Crippen molar-refractivity contribution in [2.24, 2.45) is 11.8 Å². The molecule has 0 radical (unpaired) electrons. The van der Waals surface area contributed by atoms with Crippen molar-refractivity contribution in [3.8, 4) is 0 Å². The Kier molecular flexibility index (Phi) is 5.20. The molecule has 2 atom stereocenters. The molecule has 1 amide bonds. The van der Waals surface area contributed by atoms with Crippen molar-refractivity contribution >= 4 is 23.2 Å². The van der Waals surface area contributed by atoms with Crippen LogP contribution < -0.4 is 0 Å². The molecule has 132 valence electrons. The number of carbonyl (C=O) groups excluding carboxylic acids is 1. The number of carbonyl (C=O) groups is 2. The van der Waals surface area contributed by atoms with E-state index in [0.29, 0.717) is 37.7 Å². The van der Waals surface area contributed by atoms with Gasteiger partial charge in [0.15, 0.2) is 0 Å². The molecule has 7 heteroatoms. The van der Waals surface area contributed by atoms with E-state index in [-0.39, 0.29) is 17.9 Å². The maximum absolute atomic E-state index is 12.6. The number of piperidine rings is 1. The molecule has 0 saturated carbocycles. The van der Waals surface area contributed by atoms with E-state index in [2.05, 4.69) is 18.8 Å². The van der Waals surface area contributed by atoms with Gasteiger partial charge in [-0.1, -0.05) is 13.8 Å². The summed E-state index contributed by atoms with van der Waals surface area (Å²) in [6, 6.07) is 0. The van der Waals surface area contributed by atoms with E-state index in [0.717, 1.165) is 17.8 Å². The summed E-state index contributed by atoms with van der Waals surface area (Å²) in [6.07, 6.45) is 1.98. The first-order chi connectivity index (χ1) is 11.5. The number of aliphatic carboxylic acids is 1. The van der Waals surface area contributed by atoms with Crippen LogP contribution in [-0.4, -0.2) is 52.7 Å². The highest BCUT2D eigenvalue weighted by molar-refractivity contribution is 7.09. The summed E-state index contributed by atoms with van der Waals surface area (Å²) in [7, 11) is 0. The Morgan fingerprint density at radius 3 is 2.62 bits per heavy atom. The molecule has 3 rings (SSSR count). The predicted octanol–water partition coefficient (Wildman–Crippen LogP) is 2.61. The number of hydrogen-bond acceptors (Lipinski definition) is 5. The molecule has 2 fully saturated rings. The topological polar surface area (TPSA) is 79.7 Å². The Morgan fingerprint density at radius 2 is 2.04 bits per heavy atom. The van der Waals surface area contributed by atoms with Gasteiger partial charge in [0.25, 0.3) is 5.91 Å². The molecule has 0 spiro atoms. The lowest BCUT2D eigenvalue weighted by Gasteiger charge is -2.35. The average Bonchev–Trinajstić information content (AvgIpc) is 3.23. The third-order valence-corrected chi connectivity index (χ3v) is 6.12. The highest BCUT2D eigenvalue weighted by Gasteiger charge is 2.40. The van der Waals surface area contributed by atoms with Gasteiger partial charge >= 0.3 is 5.97 Å². The van der Waals surface area contributed by atoms with Crippen LogP contribution in [0.3, 0.4) is 0 Å². The number of thiazole rings is 1. The fourth-order valence-electron chi connectivity index (χ4n) is 3.58. The molecule has 2 aliphatic heterocycles. The third kappa shape index (κ3) is 3.47. The summed E-state index contributed by atoms with van der Waals surface area (Å²) in [4.78, 5) is 30.2. The molecular formula is C17H24N2O4S. The van der Waals surface area contributed by atoms with Gasteiger partial charge in [-0.3, -0.25) is 9.59 Å². The number of rotatable bonds is 4. The third-order valence-electron chi connectivity index (χ3n) is 4.98.